The van der Waals surface area contributed by atoms with Gasteiger partial charge in [0, 0.05) is 27.9 Å². The van der Waals surface area contributed by atoms with Crippen molar-refractivity contribution in [1.82, 2.24) is 29.5 Å². The SMILES string of the molecule is c1ccc2c(c1)-c1ccccc1C2c1nc(N2c3ccccc3-c3nccc4c3c2nc2ccccc24)nc(-n2c3ccccc3c3ccccc32)n1. The number of fused-ring (bicyclic) bond motifs is 10. The van der Waals surface area contributed by atoms with Gasteiger partial charge < -0.3 is 0 Å². The predicted molar refractivity (Wildman–Crippen MR) is 211 cm³/mol. The maximum absolute atomic E-state index is 5.48. The van der Waals surface area contributed by atoms with Crippen LogP contribution in [0.4, 0.5) is 17.5 Å². The number of anilines is 3. The second-order valence-corrected chi connectivity index (χ2v) is 13.7. The summed E-state index contributed by atoms with van der Waals surface area (Å²) in [6.07, 6.45) is 1.90. The number of aromatic nitrogens is 6. The molecule has 2 aliphatic rings. The van der Waals surface area contributed by atoms with Crippen LogP contribution in [0, 0.1) is 0 Å². The first-order valence-electron chi connectivity index (χ1n) is 17.8. The maximum Gasteiger partial charge on any atom is 0.240 e. The van der Waals surface area contributed by atoms with Crippen LogP contribution < -0.4 is 4.90 Å². The number of benzene rings is 6. The molecular formula is C46H27N7. The van der Waals surface area contributed by atoms with E-state index >= 15 is 0 Å². The first-order chi connectivity index (χ1) is 26.3. The lowest BCUT2D eigenvalue weighted by molar-refractivity contribution is 0.813. The summed E-state index contributed by atoms with van der Waals surface area (Å²) < 4.78 is 2.18. The van der Waals surface area contributed by atoms with Gasteiger partial charge in [-0.15, -0.1) is 0 Å². The van der Waals surface area contributed by atoms with Gasteiger partial charge in [-0.05, 0) is 58.0 Å². The smallest absolute Gasteiger partial charge is 0.240 e. The van der Waals surface area contributed by atoms with Crippen molar-refractivity contribution in [2.24, 2.45) is 0 Å². The van der Waals surface area contributed by atoms with Crippen molar-refractivity contribution in [3.8, 4) is 28.3 Å². The van der Waals surface area contributed by atoms with Crippen LogP contribution >= 0.6 is 0 Å². The van der Waals surface area contributed by atoms with Crippen molar-refractivity contribution < 1.29 is 0 Å². The average molecular weight is 678 g/mol. The summed E-state index contributed by atoms with van der Waals surface area (Å²) in [6.45, 7) is 0. The van der Waals surface area contributed by atoms with E-state index in [0.717, 1.165) is 66.2 Å². The van der Waals surface area contributed by atoms with Gasteiger partial charge in [0.25, 0.3) is 0 Å². The second-order valence-electron chi connectivity index (χ2n) is 13.7. The van der Waals surface area contributed by atoms with Gasteiger partial charge in [0.1, 0.15) is 5.82 Å². The number of pyridine rings is 2. The summed E-state index contributed by atoms with van der Waals surface area (Å²) in [5, 5.41) is 5.43. The highest BCUT2D eigenvalue weighted by Gasteiger charge is 2.35. The van der Waals surface area contributed by atoms with Gasteiger partial charge in [-0.2, -0.15) is 15.0 Å². The van der Waals surface area contributed by atoms with E-state index in [4.69, 9.17) is 24.9 Å². The van der Waals surface area contributed by atoms with Crippen molar-refractivity contribution in [3.05, 3.63) is 175 Å². The molecule has 1 aliphatic heterocycles. The van der Waals surface area contributed by atoms with Crippen molar-refractivity contribution in [1.29, 1.82) is 0 Å². The van der Waals surface area contributed by atoms with Crippen LogP contribution in [0.1, 0.15) is 22.9 Å². The number of rotatable bonds is 3. The molecule has 0 N–H and O–H groups in total. The fraction of sp³-hybridized carbons (Fsp3) is 0.0217. The summed E-state index contributed by atoms with van der Waals surface area (Å²) in [5.41, 5.74) is 10.5. The van der Waals surface area contributed by atoms with Gasteiger partial charge in [0.05, 0.1) is 39.2 Å². The third kappa shape index (κ3) is 3.90. The predicted octanol–water partition coefficient (Wildman–Crippen LogP) is 10.7. The third-order valence-corrected chi connectivity index (χ3v) is 10.9. The van der Waals surface area contributed by atoms with E-state index in [-0.39, 0.29) is 5.92 Å². The molecule has 0 saturated carbocycles. The molecule has 0 fully saturated rings. The molecular weight excluding hydrogens is 651 g/mol. The highest BCUT2D eigenvalue weighted by molar-refractivity contribution is 6.19. The lowest BCUT2D eigenvalue weighted by Crippen LogP contribution is -2.22. The van der Waals surface area contributed by atoms with Crippen LogP contribution in [-0.2, 0) is 0 Å². The summed E-state index contributed by atoms with van der Waals surface area (Å²) in [5.74, 6) is 2.28. The molecule has 0 bridgehead atoms. The third-order valence-electron chi connectivity index (χ3n) is 10.9. The maximum atomic E-state index is 5.48. The van der Waals surface area contributed by atoms with Crippen molar-refractivity contribution in [2.75, 3.05) is 4.90 Å². The fourth-order valence-corrected chi connectivity index (χ4v) is 8.70. The van der Waals surface area contributed by atoms with Gasteiger partial charge in [-0.3, -0.25) is 14.5 Å². The Morgan fingerprint density at radius 2 is 1.04 bits per heavy atom. The molecule has 5 heterocycles. The molecule has 12 rings (SSSR count). The quantitative estimate of drug-likeness (QED) is 0.173. The Morgan fingerprint density at radius 1 is 0.453 bits per heavy atom. The lowest BCUT2D eigenvalue weighted by Gasteiger charge is -2.31. The van der Waals surface area contributed by atoms with Crippen LogP contribution in [0.3, 0.4) is 0 Å². The standard InChI is InChI=1S/C46H27N7/c1-3-18-32-27(13-1)28-14-2-4-19-33(28)40(32)43-49-45(52-37-22-10-6-16-30(37)31-17-7-11-23-38(31)52)51-46(50-43)53-39-24-12-8-20-35(39)42-41-34(25-26-47-42)29-15-5-9-21-36(29)48-44(41)53/h1-26,40H. The molecule has 7 nitrogen and oxygen atoms in total. The normalized spacial score (nSPS) is 13.2. The van der Waals surface area contributed by atoms with E-state index in [1.807, 2.05) is 12.3 Å². The van der Waals surface area contributed by atoms with Crippen molar-refractivity contribution in [2.45, 2.75) is 5.92 Å². The minimum absolute atomic E-state index is 0.199. The minimum Gasteiger partial charge on any atom is -0.278 e. The van der Waals surface area contributed by atoms with Crippen LogP contribution in [0.5, 0.6) is 0 Å². The van der Waals surface area contributed by atoms with Crippen molar-refractivity contribution >= 4 is 60.9 Å². The molecule has 7 heteroatoms. The van der Waals surface area contributed by atoms with Crippen LogP contribution in [0.25, 0.3) is 71.8 Å². The molecule has 0 amide bonds. The van der Waals surface area contributed by atoms with Gasteiger partial charge >= 0.3 is 0 Å². The molecule has 0 radical (unpaired) electrons. The molecule has 1 aliphatic carbocycles. The molecule has 10 aromatic rings. The number of para-hydroxylation sites is 4. The van der Waals surface area contributed by atoms with Gasteiger partial charge in [0.15, 0.2) is 5.82 Å². The number of hydrogen-bond acceptors (Lipinski definition) is 6. The van der Waals surface area contributed by atoms with Gasteiger partial charge in [-0.1, -0.05) is 121 Å². The first kappa shape index (κ1) is 28.4. The van der Waals surface area contributed by atoms with E-state index in [9.17, 15) is 0 Å². The Hall–Kier alpha value is -7.25. The Morgan fingerprint density at radius 3 is 1.77 bits per heavy atom. The van der Waals surface area contributed by atoms with E-state index < -0.39 is 0 Å². The van der Waals surface area contributed by atoms with Gasteiger partial charge in [-0.25, -0.2) is 4.98 Å². The largest absolute Gasteiger partial charge is 0.278 e. The Kier molecular flexibility index (Phi) is 5.71. The molecule has 246 valence electrons. The van der Waals surface area contributed by atoms with E-state index in [1.54, 1.807) is 0 Å². The zero-order valence-electron chi connectivity index (χ0n) is 28.2. The van der Waals surface area contributed by atoms with Crippen molar-refractivity contribution in [3.63, 3.8) is 0 Å². The van der Waals surface area contributed by atoms with E-state index in [1.165, 1.54) is 22.3 Å². The minimum atomic E-state index is -0.199. The summed E-state index contributed by atoms with van der Waals surface area (Å²) in [7, 11) is 0. The zero-order valence-corrected chi connectivity index (χ0v) is 28.2. The molecule has 0 saturated heterocycles. The summed E-state index contributed by atoms with van der Waals surface area (Å²) in [6, 6.07) is 52.9. The average Bonchev–Trinajstić information content (AvgIpc) is 3.74. The van der Waals surface area contributed by atoms with E-state index in [0.29, 0.717) is 17.7 Å². The first-order valence-corrected chi connectivity index (χ1v) is 17.8. The van der Waals surface area contributed by atoms with Crippen LogP contribution in [-0.4, -0.2) is 29.5 Å². The molecule has 6 aromatic carbocycles. The Balaban J connectivity index is 1.21. The van der Waals surface area contributed by atoms with Gasteiger partial charge in [0.2, 0.25) is 11.9 Å². The van der Waals surface area contributed by atoms with Crippen LogP contribution in [0.15, 0.2) is 158 Å². The number of nitrogens with zero attached hydrogens (tertiary/aromatic N) is 7. The zero-order chi connectivity index (χ0) is 34.6. The monoisotopic (exact) mass is 677 g/mol. The second kappa shape index (κ2) is 10.6. The highest BCUT2D eigenvalue weighted by Crippen LogP contribution is 2.51. The van der Waals surface area contributed by atoms with E-state index in [2.05, 4.69) is 155 Å². The molecule has 0 unspecified atom stereocenters. The number of hydrogen-bond donors (Lipinski definition) is 0. The molecule has 0 atom stereocenters. The highest BCUT2D eigenvalue weighted by atomic mass is 15.3. The summed E-state index contributed by atoms with van der Waals surface area (Å²) >= 11 is 0. The molecule has 53 heavy (non-hydrogen) atoms. The Labute approximate surface area is 303 Å². The van der Waals surface area contributed by atoms with Crippen LogP contribution in [0.2, 0.25) is 0 Å². The lowest BCUT2D eigenvalue weighted by atomic mass is 9.95. The fourth-order valence-electron chi connectivity index (χ4n) is 8.70. The molecule has 4 aromatic heterocycles. The molecule has 0 spiro atoms. The Bertz CT molecular complexity index is 3060. The topological polar surface area (TPSA) is 72.6 Å². The summed E-state index contributed by atoms with van der Waals surface area (Å²) in [4.78, 5) is 28.8.